The zero-order chi connectivity index (χ0) is 20.4. The van der Waals surface area contributed by atoms with E-state index in [1.807, 2.05) is 31.2 Å². The lowest BCUT2D eigenvalue weighted by atomic mass is 10.2. The van der Waals surface area contributed by atoms with Crippen LogP contribution < -0.4 is 20.1 Å². The van der Waals surface area contributed by atoms with Crippen LogP contribution in [-0.4, -0.2) is 87.9 Å². The number of methoxy groups -OCH3 is 1. The molecular weight excluding hydrogens is 481 g/mol. The Morgan fingerprint density at radius 1 is 1.10 bits per heavy atom. The van der Waals surface area contributed by atoms with E-state index < -0.39 is 0 Å². The van der Waals surface area contributed by atoms with Crippen molar-refractivity contribution in [2.24, 2.45) is 4.99 Å². The second-order valence-electron chi connectivity index (χ2n) is 7.37. The van der Waals surface area contributed by atoms with E-state index in [2.05, 4.69) is 41.3 Å². The van der Waals surface area contributed by atoms with Crippen LogP contribution in [0.2, 0.25) is 0 Å². The van der Waals surface area contributed by atoms with E-state index in [1.165, 1.54) is 0 Å². The highest BCUT2D eigenvalue weighted by molar-refractivity contribution is 14.0. The lowest BCUT2D eigenvalue weighted by Crippen LogP contribution is -2.49. The van der Waals surface area contributed by atoms with Gasteiger partial charge in [-0.1, -0.05) is 12.1 Å². The summed E-state index contributed by atoms with van der Waals surface area (Å²) >= 11 is 0. The average molecular weight is 519 g/mol. The van der Waals surface area contributed by atoms with E-state index in [0.717, 1.165) is 56.7 Å². The van der Waals surface area contributed by atoms with Crippen LogP contribution >= 0.6 is 24.0 Å². The summed E-state index contributed by atoms with van der Waals surface area (Å²) in [5, 5.41) is 6.71. The van der Waals surface area contributed by atoms with E-state index in [1.54, 1.807) is 7.11 Å². The summed E-state index contributed by atoms with van der Waals surface area (Å²) in [5.74, 6) is 2.33. The quantitative estimate of drug-likeness (QED) is 0.297. The molecule has 2 rings (SSSR count). The van der Waals surface area contributed by atoms with Crippen LogP contribution in [0.1, 0.15) is 20.8 Å². The van der Waals surface area contributed by atoms with Gasteiger partial charge in [0.05, 0.1) is 20.2 Å². The first kappa shape index (κ1) is 25.8. The summed E-state index contributed by atoms with van der Waals surface area (Å²) in [6, 6.07) is 8.15. The third-order valence-corrected chi connectivity index (χ3v) is 4.97. The Morgan fingerprint density at radius 2 is 1.76 bits per heavy atom. The monoisotopic (exact) mass is 519 g/mol. The van der Waals surface area contributed by atoms with Crippen molar-refractivity contribution in [1.82, 2.24) is 20.4 Å². The van der Waals surface area contributed by atoms with Gasteiger partial charge in [0.2, 0.25) is 0 Å². The Labute approximate surface area is 193 Å². The van der Waals surface area contributed by atoms with Crippen LogP contribution in [0.4, 0.5) is 0 Å². The number of hydrogen-bond donors (Lipinski definition) is 2. The summed E-state index contributed by atoms with van der Waals surface area (Å²) in [5.41, 5.74) is 0. The lowest BCUT2D eigenvalue weighted by Gasteiger charge is -2.35. The lowest BCUT2D eigenvalue weighted by molar-refractivity contribution is 0.122. The highest BCUT2D eigenvalue weighted by Crippen LogP contribution is 2.26. The molecule has 166 valence electrons. The van der Waals surface area contributed by atoms with Crippen molar-refractivity contribution in [2.75, 3.05) is 60.0 Å². The van der Waals surface area contributed by atoms with Gasteiger partial charge in [0.25, 0.3) is 0 Å². The van der Waals surface area contributed by atoms with Gasteiger partial charge in [-0.3, -0.25) is 9.89 Å². The minimum absolute atomic E-state index is 0. The number of hydrogen-bond acceptors (Lipinski definition) is 5. The van der Waals surface area contributed by atoms with Gasteiger partial charge in [-0.15, -0.1) is 24.0 Å². The van der Waals surface area contributed by atoms with Crippen molar-refractivity contribution in [3.63, 3.8) is 0 Å². The van der Waals surface area contributed by atoms with Gasteiger partial charge < -0.3 is 25.0 Å². The SMILES string of the molecule is CCNC(=NCC(C)N1CCN(C)CC1)NCC(C)Oc1ccccc1OC.I. The van der Waals surface area contributed by atoms with Crippen molar-refractivity contribution < 1.29 is 9.47 Å². The van der Waals surface area contributed by atoms with Gasteiger partial charge in [-0.05, 0) is 40.0 Å². The molecule has 1 aliphatic heterocycles. The van der Waals surface area contributed by atoms with E-state index in [0.29, 0.717) is 12.6 Å². The molecule has 7 nitrogen and oxygen atoms in total. The summed E-state index contributed by atoms with van der Waals surface area (Å²) < 4.78 is 11.4. The minimum Gasteiger partial charge on any atom is -0.493 e. The standard InChI is InChI=1S/C21H37N5O2.HI/c1-6-22-21(23-15-17(2)26-13-11-25(4)12-14-26)24-16-18(3)28-20-10-8-7-9-19(20)27-5;/h7-10,17-18H,6,11-16H2,1-5H3,(H2,22,23,24);1H. The second kappa shape index (κ2) is 13.9. The Morgan fingerprint density at radius 3 is 2.38 bits per heavy atom. The van der Waals surface area contributed by atoms with Crippen LogP contribution in [0.15, 0.2) is 29.3 Å². The second-order valence-corrected chi connectivity index (χ2v) is 7.37. The fourth-order valence-corrected chi connectivity index (χ4v) is 3.16. The minimum atomic E-state index is -0.0183. The molecule has 2 N–H and O–H groups in total. The van der Waals surface area contributed by atoms with Crippen LogP contribution in [0, 0.1) is 0 Å². The number of ether oxygens (including phenoxy) is 2. The molecule has 0 aromatic heterocycles. The van der Waals surface area contributed by atoms with Gasteiger partial charge in [0.15, 0.2) is 17.5 Å². The fourth-order valence-electron chi connectivity index (χ4n) is 3.16. The van der Waals surface area contributed by atoms with Crippen LogP contribution in [0.25, 0.3) is 0 Å². The maximum Gasteiger partial charge on any atom is 0.191 e. The molecule has 0 saturated carbocycles. The van der Waals surface area contributed by atoms with Crippen molar-refractivity contribution in [3.8, 4) is 11.5 Å². The topological polar surface area (TPSA) is 61.4 Å². The van der Waals surface area contributed by atoms with Crippen molar-refractivity contribution in [3.05, 3.63) is 24.3 Å². The first-order chi connectivity index (χ1) is 13.5. The number of rotatable bonds is 9. The maximum atomic E-state index is 6.01. The number of guanidine groups is 1. The number of para-hydroxylation sites is 2. The Bertz CT molecular complexity index is 608. The normalized spacial score (nSPS) is 17.8. The molecule has 2 unspecified atom stereocenters. The van der Waals surface area contributed by atoms with Gasteiger partial charge in [-0.25, -0.2) is 0 Å². The van der Waals surface area contributed by atoms with E-state index in [9.17, 15) is 0 Å². The molecule has 0 radical (unpaired) electrons. The molecule has 1 aromatic rings. The number of aliphatic imine (C=N–C) groups is 1. The molecule has 1 fully saturated rings. The number of piperazine rings is 1. The zero-order valence-corrected chi connectivity index (χ0v) is 20.8. The van der Waals surface area contributed by atoms with Gasteiger partial charge in [0, 0.05) is 38.8 Å². The number of nitrogens with zero attached hydrogens (tertiary/aromatic N) is 3. The molecule has 29 heavy (non-hydrogen) atoms. The van der Waals surface area contributed by atoms with Crippen LogP contribution in [0.3, 0.4) is 0 Å². The van der Waals surface area contributed by atoms with Crippen molar-refractivity contribution in [1.29, 1.82) is 0 Å². The maximum absolute atomic E-state index is 6.01. The molecule has 0 aliphatic carbocycles. The largest absolute Gasteiger partial charge is 0.493 e. The molecule has 1 aromatic carbocycles. The fraction of sp³-hybridized carbons (Fsp3) is 0.667. The van der Waals surface area contributed by atoms with E-state index in [-0.39, 0.29) is 30.1 Å². The number of halogens is 1. The molecule has 8 heteroatoms. The highest BCUT2D eigenvalue weighted by Gasteiger charge is 2.19. The third-order valence-electron chi connectivity index (χ3n) is 4.97. The first-order valence-corrected chi connectivity index (χ1v) is 10.3. The smallest absolute Gasteiger partial charge is 0.191 e. The summed E-state index contributed by atoms with van der Waals surface area (Å²) in [6.45, 7) is 13.1. The van der Waals surface area contributed by atoms with Gasteiger partial charge in [0.1, 0.15) is 6.10 Å². The molecule has 0 amide bonds. The summed E-state index contributed by atoms with van der Waals surface area (Å²) in [7, 11) is 3.84. The first-order valence-electron chi connectivity index (χ1n) is 10.3. The summed E-state index contributed by atoms with van der Waals surface area (Å²) in [6.07, 6.45) is -0.0183. The van der Waals surface area contributed by atoms with Crippen molar-refractivity contribution in [2.45, 2.75) is 32.9 Å². The van der Waals surface area contributed by atoms with Gasteiger partial charge >= 0.3 is 0 Å². The van der Waals surface area contributed by atoms with Crippen molar-refractivity contribution >= 4 is 29.9 Å². The summed E-state index contributed by atoms with van der Waals surface area (Å²) in [4.78, 5) is 9.67. The van der Waals surface area contributed by atoms with Crippen LogP contribution in [-0.2, 0) is 0 Å². The van der Waals surface area contributed by atoms with E-state index in [4.69, 9.17) is 14.5 Å². The Hall–Kier alpha value is -1.26. The van der Waals surface area contributed by atoms with Gasteiger partial charge in [-0.2, -0.15) is 0 Å². The Balaban J connectivity index is 0.00000420. The Kier molecular flexibility index (Phi) is 12.3. The number of likely N-dealkylation sites (N-methyl/N-ethyl adjacent to an activating group) is 1. The van der Waals surface area contributed by atoms with Crippen LogP contribution in [0.5, 0.6) is 11.5 Å². The average Bonchev–Trinajstić information content (AvgIpc) is 2.70. The third kappa shape index (κ3) is 8.96. The predicted molar refractivity (Wildman–Crippen MR) is 131 cm³/mol. The predicted octanol–water partition coefficient (Wildman–Crippen LogP) is 2.27. The molecule has 1 heterocycles. The number of nitrogens with one attached hydrogen (secondary N) is 2. The van der Waals surface area contributed by atoms with E-state index >= 15 is 0 Å². The number of benzene rings is 1. The zero-order valence-electron chi connectivity index (χ0n) is 18.5. The molecule has 1 aliphatic rings. The molecule has 0 spiro atoms. The molecule has 1 saturated heterocycles. The highest BCUT2D eigenvalue weighted by atomic mass is 127. The molecule has 2 atom stereocenters. The molecular formula is C21H38IN5O2. The molecule has 0 bridgehead atoms.